The van der Waals surface area contributed by atoms with Crippen molar-refractivity contribution >= 4 is 17.5 Å². The van der Waals surface area contributed by atoms with Crippen LogP contribution in [0.1, 0.15) is 15.9 Å². The van der Waals surface area contributed by atoms with Gasteiger partial charge in [-0.2, -0.15) is 0 Å². The molecule has 2 rings (SSSR count). The van der Waals surface area contributed by atoms with Gasteiger partial charge in [-0.1, -0.05) is 17.7 Å². The Morgan fingerprint density at radius 3 is 2.75 bits per heavy atom. The van der Waals surface area contributed by atoms with E-state index < -0.39 is 0 Å². The van der Waals surface area contributed by atoms with Crippen LogP contribution in [-0.4, -0.2) is 10.5 Å². The number of rotatable bonds is 3. The number of aryl methyl sites for hydroxylation is 1. The van der Waals surface area contributed by atoms with Crippen molar-refractivity contribution in [2.45, 2.75) is 6.54 Å². The molecule has 0 aliphatic rings. The number of hydrogen-bond acceptors (Lipinski definition) is 2. The van der Waals surface area contributed by atoms with E-state index in [2.05, 4.69) is 5.32 Å². The minimum atomic E-state index is -0.313. The Kier molecular flexibility index (Phi) is 4.47. The number of carbonyl (C=O) groups is 1. The zero-order chi connectivity index (χ0) is 14.7. The molecule has 0 radical (unpaired) electrons. The van der Waals surface area contributed by atoms with Crippen LogP contribution in [-0.2, 0) is 13.6 Å². The van der Waals surface area contributed by atoms with Crippen molar-refractivity contribution < 1.29 is 16.4 Å². The molecule has 1 N–H and O–H groups in total. The maximum absolute atomic E-state index is 11.9. The molecule has 0 saturated carbocycles. The summed E-state index contributed by atoms with van der Waals surface area (Å²) in [5.74, 6) is -0.313. The summed E-state index contributed by atoms with van der Waals surface area (Å²) in [5, 5.41) is 3.89. The number of benzene rings is 1. The number of aromatic nitrogens is 1. The van der Waals surface area contributed by atoms with E-state index in [4.69, 9.17) is 23.2 Å². The normalized spacial score (nSPS) is 10.3. The van der Waals surface area contributed by atoms with E-state index in [1.165, 1.54) is 10.6 Å². The molecule has 0 bridgehead atoms. The fraction of sp³-hybridized carbons (Fsp3) is 0.143. The van der Waals surface area contributed by atoms with Crippen LogP contribution in [0.3, 0.4) is 0 Å². The number of amides is 1. The molecular formula is C14H13Cl2N2O2+. The zero-order valence-corrected chi connectivity index (χ0v) is 12.3. The molecule has 0 saturated heterocycles. The maximum Gasteiger partial charge on any atom is 0.251 e. The van der Waals surface area contributed by atoms with Crippen molar-refractivity contribution in [3.8, 4) is 0 Å². The van der Waals surface area contributed by atoms with Crippen molar-refractivity contribution in [2.75, 3.05) is 0 Å². The molecular weight excluding hydrogens is 299 g/mol. The summed E-state index contributed by atoms with van der Waals surface area (Å²) in [6.07, 6.45) is 1.55. The highest BCUT2D eigenvalue weighted by atomic mass is 35.5. The number of pyridine rings is 1. The minimum Gasteiger partial charge on any atom is -0.348 e. The van der Waals surface area contributed by atoms with Gasteiger partial charge in [0, 0.05) is 48.1 Å². The van der Waals surface area contributed by atoms with E-state index in [0.717, 1.165) is 5.56 Å². The number of nitrogens with one attached hydrogen (secondary N) is 1. The predicted octanol–water partition coefficient (Wildman–Crippen LogP) is 1.66. The SMILES string of the molecule is Cn1ccc(C(=O)NCc2ccc(Cl)cc2[ClH+])cc1=O. The van der Waals surface area contributed by atoms with Crippen molar-refractivity contribution in [3.63, 3.8) is 0 Å². The summed E-state index contributed by atoms with van der Waals surface area (Å²) >= 11 is 11.0. The Bertz CT molecular complexity index is 711. The van der Waals surface area contributed by atoms with Crippen molar-refractivity contribution in [3.05, 3.63) is 68.1 Å². The molecule has 0 unspecified atom stereocenters. The molecule has 1 aromatic carbocycles. The standard InChI is InChI=1S/C14H12Cl2N2O2/c1-18-5-4-9(6-13(18)19)14(20)17-8-10-2-3-11(15)7-12(10)16/h2-7,16H,8H2,1H3/p+1. The van der Waals surface area contributed by atoms with Gasteiger partial charge in [0.2, 0.25) is 5.02 Å². The highest BCUT2D eigenvalue weighted by molar-refractivity contribution is 6.30. The molecule has 2 aromatic rings. The van der Waals surface area contributed by atoms with Gasteiger partial charge in [-0.3, -0.25) is 9.59 Å². The van der Waals surface area contributed by atoms with Gasteiger partial charge in [-0.15, -0.1) is 0 Å². The second-order valence-corrected chi connectivity index (χ2v) is 5.18. The molecule has 0 spiro atoms. The van der Waals surface area contributed by atoms with Crippen molar-refractivity contribution in [2.24, 2.45) is 7.05 Å². The minimum absolute atomic E-state index is 0.229. The second-order valence-electron chi connectivity index (χ2n) is 4.30. The van der Waals surface area contributed by atoms with Gasteiger partial charge in [0.25, 0.3) is 11.5 Å². The second kappa shape index (κ2) is 6.11. The highest BCUT2D eigenvalue weighted by Gasteiger charge is 2.11. The van der Waals surface area contributed by atoms with E-state index >= 15 is 0 Å². The largest absolute Gasteiger partial charge is 0.348 e. The highest BCUT2D eigenvalue weighted by Crippen LogP contribution is 2.16. The predicted molar refractivity (Wildman–Crippen MR) is 74.9 cm³/mol. The summed E-state index contributed by atoms with van der Waals surface area (Å²) in [6.45, 7) is 0.296. The van der Waals surface area contributed by atoms with Crippen LogP contribution < -0.4 is 10.9 Å². The Balaban J connectivity index is 2.08. The summed E-state index contributed by atoms with van der Waals surface area (Å²) < 4.78 is 1.40. The third-order valence-electron chi connectivity index (χ3n) is 2.84. The van der Waals surface area contributed by atoms with Crippen LogP contribution in [0.5, 0.6) is 0 Å². The van der Waals surface area contributed by atoms with Gasteiger partial charge in [-0.25, -0.2) is 0 Å². The molecule has 0 atom stereocenters. The third kappa shape index (κ3) is 3.40. The van der Waals surface area contributed by atoms with Crippen LogP contribution in [0, 0.1) is 11.6 Å². The summed E-state index contributed by atoms with van der Waals surface area (Å²) in [6, 6.07) is 8.04. The first kappa shape index (κ1) is 14.6. The first-order valence-electron chi connectivity index (χ1n) is 5.87. The summed E-state index contributed by atoms with van der Waals surface area (Å²) in [5.41, 5.74) is 0.905. The molecule has 20 heavy (non-hydrogen) atoms. The Morgan fingerprint density at radius 1 is 1.35 bits per heavy atom. The average molecular weight is 312 g/mol. The molecule has 0 aliphatic heterocycles. The molecule has 0 fully saturated rings. The summed E-state index contributed by atoms with van der Waals surface area (Å²) in [4.78, 5) is 23.4. The molecule has 1 heterocycles. The van der Waals surface area contributed by atoms with Crippen LogP contribution in [0.2, 0.25) is 10.0 Å². The van der Waals surface area contributed by atoms with Crippen molar-refractivity contribution in [1.82, 2.24) is 9.88 Å². The van der Waals surface area contributed by atoms with Gasteiger partial charge >= 0.3 is 0 Å². The quantitative estimate of drug-likeness (QED) is 0.937. The van der Waals surface area contributed by atoms with Crippen LogP contribution >= 0.6 is 11.6 Å². The van der Waals surface area contributed by atoms with E-state index in [0.29, 0.717) is 22.2 Å². The van der Waals surface area contributed by atoms with E-state index in [1.54, 1.807) is 37.5 Å². The monoisotopic (exact) mass is 311 g/mol. The van der Waals surface area contributed by atoms with Crippen LogP contribution in [0.4, 0.5) is 0 Å². The number of hydrogen-bond donors (Lipinski definition) is 1. The third-order valence-corrected chi connectivity index (χ3v) is 3.45. The summed E-state index contributed by atoms with van der Waals surface area (Å²) in [7, 11) is 1.63. The lowest BCUT2D eigenvalue weighted by Gasteiger charge is -2.05. The van der Waals surface area contributed by atoms with Gasteiger partial charge in [0.1, 0.15) is 0 Å². The molecule has 0 aliphatic carbocycles. The lowest BCUT2D eigenvalue weighted by atomic mass is 10.2. The molecule has 1 amide bonds. The number of carbonyl (C=O) groups excluding carboxylic acids is 1. The molecule has 1 aromatic heterocycles. The Hall–Kier alpha value is -1.78. The van der Waals surface area contributed by atoms with E-state index in [9.17, 15) is 9.59 Å². The lowest BCUT2D eigenvalue weighted by Crippen LogP contribution is -2.25. The molecule has 4 nitrogen and oxygen atoms in total. The van der Waals surface area contributed by atoms with Gasteiger partial charge in [-0.05, 0) is 12.1 Å². The fourth-order valence-corrected chi connectivity index (χ4v) is 2.15. The first-order chi connectivity index (χ1) is 9.47. The fourth-order valence-electron chi connectivity index (χ4n) is 1.64. The maximum atomic E-state index is 11.9. The molecule has 104 valence electrons. The van der Waals surface area contributed by atoms with Crippen LogP contribution in [0.15, 0.2) is 41.3 Å². The van der Waals surface area contributed by atoms with E-state index in [-0.39, 0.29) is 11.5 Å². The average Bonchev–Trinajstić information content (AvgIpc) is 2.40. The zero-order valence-electron chi connectivity index (χ0n) is 10.7. The number of nitrogens with zero attached hydrogens (tertiary/aromatic N) is 1. The van der Waals surface area contributed by atoms with Crippen molar-refractivity contribution in [1.29, 1.82) is 0 Å². The van der Waals surface area contributed by atoms with Gasteiger partial charge in [0.05, 0.1) is 0 Å². The first-order valence-corrected chi connectivity index (χ1v) is 6.66. The Labute approximate surface area is 125 Å². The van der Waals surface area contributed by atoms with E-state index in [1.807, 2.05) is 0 Å². The topological polar surface area (TPSA) is 51.1 Å². The molecule has 6 heteroatoms. The van der Waals surface area contributed by atoms with Crippen LogP contribution in [0.25, 0.3) is 0 Å². The van der Waals surface area contributed by atoms with Gasteiger partial charge < -0.3 is 9.88 Å². The smallest absolute Gasteiger partial charge is 0.251 e. The lowest BCUT2D eigenvalue weighted by molar-refractivity contribution is -0.290. The Morgan fingerprint density at radius 2 is 2.10 bits per heavy atom. The number of halogens is 2. The van der Waals surface area contributed by atoms with Gasteiger partial charge in [0.15, 0.2) is 11.6 Å².